The van der Waals surface area contributed by atoms with Crippen LogP contribution >= 0.6 is 0 Å². The van der Waals surface area contributed by atoms with Crippen molar-refractivity contribution in [1.82, 2.24) is 9.55 Å². The van der Waals surface area contributed by atoms with E-state index in [1.165, 1.54) is 0 Å². The Hall–Kier alpha value is -3.52. The molecular formula is C26H26N2O6. The summed E-state index contributed by atoms with van der Waals surface area (Å²) in [5.74, 6) is -1.04. The Kier molecular flexibility index (Phi) is 4.91. The summed E-state index contributed by atoms with van der Waals surface area (Å²) in [7, 11) is 0. The number of carbonyl (C=O) groups is 2. The van der Waals surface area contributed by atoms with E-state index in [9.17, 15) is 19.5 Å². The highest BCUT2D eigenvalue weighted by Gasteiger charge is 2.45. The van der Waals surface area contributed by atoms with Gasteiger partial charge in [0.2, 0.25) is 0 Å². The lowest BCUT2D eigenvalue weighted by atomic mass is 9.86. The highest BCUT2D eigenvalue weighted by Crippen LogP contribution is 2.38. The van der Waals surface area contributed by atoms with Crippen LogP contribution in [0.2, 0.25) is 0 Å². The minimum Gasteiger partial charge on any atom is -0.460 e. The largest absolute Gasteiger partial charge is 0.460 e. The van der Waals surface area contributed by atoms with Gasteiger partial charge in [-0.15, -0.1) is 0 Å². The normalized spacial score (nSPS) is 18.8. The summed E-state index contributed by atoms with van der Waals surface area (Å²) < 4.78 is 12.1. The molecule has 0 amide bonds. The maximum Gasteiger partial charge on any atom is 0.343 e. The van der Waals surface area contributed by atoms with Crippen LogP contribution < -0.4 is 5.56 Å². The summed E-state index contributed by atoms with van der Waals surface area (Å²) in [5.41, 5.74) is 1.51. The van der Waals surface area contributed by atoms with E-state index in [2.05, 4.69) is 0 Å². The van der Waals surface area contributed by atoms with Crippen molar-refractivity contribution >= 4 is 22.8 Å². The lowest BCUT2D eigenvalue weighted by Crippen LogP contribution is -2.44. The van der Waals surface area contributed by atoms with Crippen molar-refractivity contribution in [1.29, 1.82) is 0 Å². The zero-order chi connectivity index (χ0) is 24.4. The average molecular weight is 463 g/mol. The Morgan fingerprint density at radius 2 is 2.00 bits per heavy atom. The van der Waals surface area contributed by atoms with Crippen LogP contribution in [0.4, 0.5) is 0 Å². The number of benzene rings is 1. The zero-order valence-electron chi connectivity index (χ0n) is 19.6. The molecule has 0 radical (unpaired) electrons. The first-order valence-electron chi connectivity index (χ1n) is 11.3. The highest BCUT2D eigenvalue weighted by atomic mass is 16.6. The Labute approximate surface area is 196 Å². The summed E-state index contributed by atoms with van der Waals surface area (Å²) in [6, 6.07) is 9.25. The molecule has 1 aromatic carbocycles. The summed E-state index contributed by atoms with van der Waals surface area (Å²) in [6.45, 7) is 7.34. The number of pyridine rings is 2. The number of ether oxygens (including phenoxy) is 2. The van der Waals surface area contributed by atoms with Crippen LogP contribution in [0.1, 0.15) is 56.4 Å². The summed E-state index contributed by atoms with van der Waals surface area (Å²) in [4.78, 5) is 42.6. The molecule has 0 aliphatic carbocycles. The van der Waals surface area contributed by atoms with E-state index in [0.29, 0.717) is 29.1 Å². The van der Waals surface area contributed by atoms with Gasteiger partial charge < -0.3 is 19.1 Å². The summed E-state index contributed by atoms with van der Waals surface area (Å²) in [6.07, 6.45) is 0.250. The molecule has 0 saturated heterocycles. The van der Waals surface area contributed by atoms with E-state index in [1.807, 2.05) is 45.0 Å². The van der Waals surface area contributed by atoms with Crippen molar-refractivity contribution in [3.63, 3.8) is 0 Å². The fraction of sp³-hybridized carbons (Fsp3) is 0.385. The van der Waals surface area contributed by atoms with E-state index in [1.54, 1.807) is 17.6 Å². The Morgan fingerprint density at radius 3 is 2.71 bits per heavy atom. The highest BCUT2D eigenvalue weighted by molar-refractivity contribution is 5.87. The summed E-state index contributed by atoms with van der Waals surface area (Å²) >= 11 is 0. The smallest absolute Gasteiger partial charge is 0.343 e. The van der Waals surface area contributed by atoms with Gasteiger partial charge in [-0.25, -0.2) is 9.78 Å². The van der Waals surface area contributed by atoms with E-state index in [4.69, 9.17) is 14.5 Å². The number of cyclic esters (lactones) is 1. The molecule has 8 nitrogen and oxygen atoms in total. The predicted octanol–water partition coefficient (Wildman–Crippen LogP) is 2.96. The molecule has 0 bridgehead atoms. The van der Waals surface area contributed by atoms with Gasteiger partial charge in [0.15, 0.2) is 5.60 Å². The van der Waals surface area contributed by atoms with Crippen LogP contribution in [0.5, 0.6) is 0 Å². The quantitative estimate of drug-likeness (QED) is 0.467. The molecule has 0 spiro atoms. The van der Waals surface area contributed by atoms with E-state index in [0.717, 1.165) is 22.0 Å². The third-order valence-electron chi connectivity index (χ3n) is 6.34. The van der Waals surface area contributed by atoms with Crippen LogP contribution in [0, 0.1) is 0 Å². The molecule has 3 aromatic rings. The van der Waals surface area contributed by atoms with Gasteiger partial charge in [0.1, 0.15) is 12.2 Å². The van der Waals surface area contributed by atoms with E-state index in [-0.39, 0.29) is 31.0 Å². The minimum absolute atomic E-state index is 0.0974. The first-order chi connectivity index (χ1) is 16.0. The molecule has 0 saturated carbocycles. The topological polar surface area (TPSA) is 108 Å². The van der Waals surface area contributed by atoms with Gasteiger partial charge in [0, 0.05) is 16.5 Å². The Balaban J connectivity index is 1.56. The Bertz CT molecular complexity index is 1430. The van der Waals surface area contributed by atoms with E-state index >= 15 is 0 Å². The monoisotopic (exact) mass is 462 g/mol. The molecule has 0 unspecified atom stereocenters. The molecule has 2 aromatic heterocycles. The van der Waals surface area contributed by atoms with Gasteiger partial charge in [0.25, 0.3) is 5.56 Å². The standard InChI is InChI=1S/C26H26N2O6/c1-5-26(32)18-11-20-22-16(12-28(20)23(30)17(18)13-33-24(26)31)10-15-8-14(6-7-19(15)27-22)9-21(29)34-25(2,3)4/h6-8,10-11,32H,5,9,12-13H2,1-4H3/t26-/m0/s1. The second kappa shape index (κ2) is 7.50. The lowest BCUT2D eigenvalue weighted by Gasteiger charge is -2.31. The van der Waals surface area contributed by atoms with Crippen molar-refractivity contribution in [2.75, 3.05) is 0 Å². The lowest BCUT2D eigenvalue weighted by molar-refractivity contribution is -0.172. The number of hydrogen-bond donors (Lipinski definition) is 1. The number of nitrogens with zero attached hydrogens (tertiary/aromatic N) is 2. The van der Waals surface area contributed by atoms with E-state index < -0.39 is 17.2 Å². The maximum atomic E-state index is 13.2. The predicted molar refractivity (Wildman–Crippen MR) is 124 cm³/mol. The van der Waals surface area contributed by atoms with Crippen molar-refractivity contribution in [3.8, 4) is 11.4 Å². The maximum absolute atomic E-state index is 13.2. The van der Waals surface area contributed by atoms with Crippen LogP contribution in [0.25, 0.3) is 22.3 Å². The van der Waals surface area contributed by atoms with Gasteiger partial charge in [0.05, 0.1) is 35.4 Å². The number of fused-ring (bicyclic) bond motifs is 5. The molecule has 1 N–H and O–H groups in total. The molecule has 34 heavy (non-hydrogen) atoms. The minimum atomic E-state index is -1.85. The molecule has 5 rings (SSSR count). The van der Waals surface area contributed by atoms with Crippen LogP contribution in [0.3, 0.4) is 0 Å². The molecule has 4 heterocycles. The first-order valence-corrected chi connectivity index (χ1v) is 11.3. The molecule has 0 fully saturated rings. The number of esters is 2. The van der Waals surface area contributed by atoms with Gasteiger partial charge in [-0.2, -0.15) is 0 Å². The molecule has 2 aliphatic heterocycles. The van der Waals surface area contributed by atoms with Crippen molar-refractivity contribution in [2.24, 2.45) is 0 Å². The SMILES string of the molecule is CC[C@@]1(O)C(=O)OCc2c1cc1n(c2=O)Cc2cc3cc(CC(=O)OC(C)(C)C)ccc3nc2-1. The van der Waals surface area contributed by atoms with Crippen molar-refractivity contribution in [3.05, 3.63) is 62.9 Å². The van der Waals surface area contributed by atoms with Gasteiger partial charge in [-0.05, 0) is 57.0 Å². The first kappa shape index (κ1) is 22.3. The number of carbonyl (C=O) groups excluding carboxylic acids is 2. The van der Waals surface area contributed by atoms with Crippen LogP contribution in [-0.2, 0) is 44.2 Å². The number of aromatic nitrogens is 2. The Morgan fingerprint density at radius 1 is 1.24 bits per heavy atom. The fourth-order valence-corrected chi connectivity index (χ4v) is 4.69. The third-order valence-corrected chi connectivity index (χ3v) is 6.34. The van der Waals surface area contributed by atoms with Crippen molar-refractivity contribution < 1.29 is 24.2 Å². The molecule has 2 aliphatic rings. The average Bonchev–Trinajstić information content (AvgIpc) is 3.11. The third kappa shape index (κ3) is 3.49. The molecule has 1 atom stereocenters. The second-order valence-electron chi connectivity index (χ2n) is 9.89. The number of aliphatic hydroxyl groups is 1. The number of rotatable bonds is 3. The number of hydrogen-bond acceptors (Lipinski definition) is 7. The van der Waals surface area contributed by atoms with Crippen LogP contribution in [-0.4, -0.2) is 32.2 Å². The molecule has 8 heteroatoms. The van der Waals surface area contributed by atoms with Crippen molar-refractivity contribution in [2.45, 2.75) is 64.9 Å². The summed E-state index contributed by atoms with van der Waals surface area (Å²) in [5, 5.41) is 11.8. The van der Waals surface area contributed by atoms with Gasteiger partial charge in [-0.1, -0.05) is 13.0 Å². The van der Waals surface area contributed by atoms with Gasteiger partial charge >= 0.3 is 11.9 Å². The van der Waals surface area contributed by atoms with Gasteiger partial charge in [-0.3, -0.25) is 9.59 Å². The van der Waals surface area contributed by atoms with Crippen LogP contribution in [0.15, 0.2) is 35.1 Å². The second-order valence-corrected chi connectivity index (χ2v) is 9.89. The molecular weight excluding hydrogens is 436 g/mol. The molecule has 176 valence electrons. The fourth-order valence-electron chi connectivity index (χ4n) is 4.69. The zero-order valence-corrected chi connectivity index (χ0v) is 19.6.